The zero-order valence-corrected chi connectivity index (χ0v) is 17.6. The highest BCUT2D eigenvalue weighted by Gasteiger charge is 2.25. The van der Waals surface area contributed by atoms with Crippen molar-refractivity contribution in [3.63, 3.8) is 0 Å². The molecular weight excluding hydrogens is 422 g/mol. The molecule has 0 fully saturated rings. The van der Waals surface area contributed by atoms with E-state index < -0.39 is 10.0 Å². The van der Waals surface area contributed by atoms with Gasteiger partial charge in [0.05, 0.1) is 10.6 Å². The second-order valence-electron chi connectivity index (χ2n) is 6.20. The molecule has 0 spiro atoms. The molecule has 2 N–H and O–H groups in total. The van der Waals surface area contributed by atoms with E-state index in [-0.39, 0.29) is 15.8 Å². The van der Waals surface area contributed by atoms with Gasteiger partial charge in [-0.1, -0.05) is 35.9 Å². The number of aryl methyl sites for hydroxylation is 1. The number of carbonyl (C=O) groups is 1. The Morgan fingerprint density at radius 2 is 1.60 bits per heavy atom. The molecule has 0 radical (unpaired) electrons. The summed E-state index contributed by atoms with van der Waals surface area (Å²) in [6, 6.07) is 21.7. The van der Waals surface area contributed by atoms with Crippen molar-refractivity contribution in [3.05, 3.63) is 84.4 Å². The number of nitrogens with zero attached hydrogens (tertiary/aromatic N) is 1. The van der Waals surface area contributed by atoms with Crippen LogP contribution in [0.4, 0.5) is 11.4 Å². The minimum Gasteiger partial charge on any atom is -0.432 e. The standard InChI is InChI=1S/C21H19N3O4S2/c1-16-7-13-20(14-8-16)30(26,27)24(22-15-25)18-11-9-17(10-12-18)23-21(29)28-19-5-3-2-4-6-19/h2-15H,1H3,(H,22,25)(H,23,29). The molecule has 0 aliphatic heterocycles. The summed E-state index contributed by atoms with van der Waals surface area (Å²) in [5.41, 5.74) is 4.01. The normalized spacial score (nSPS) is 10.7. The predicted molar refractivity (Wildman–Crippen MR) is 120 cm³/mol. The maximum atomic E-state index is 12.9. The maximum Gasteiger partial charge on any atom is 0.281 e. The Kier molecular flexibility index (Phi) is 6.65. The molecule has 3 aromatic carbocycles. The largest absolute Gasteiger partial charge is 0.432 e. The lowest BCUT2D eigenvalue weighted by atomic mass is 10.2. The molecule has 30 heavy (non-hydrogen) atoms. The van der Waals surface area contributed by atoms with E-state index in [0.29, 0.717) is 17.8 Å². The van der Waals surface area contributed by atoms with Crippen molar-refractivity contribution in [2.45, 2.75) is 11.8 Å². The Morgan fingerprint density at radius 1 is 0.967 bits per heavy atom. The van der Waals surface area contributed by atoms with Crippen molar-refractivity contribution >= 4 is 45.2 Å². The van der Waals surface area contributed by atoms with E-state index in [1.165, 1.54) is 24.3 Å². The summed E-state index contributed by atoms with van der Waals surface area (Å²) in [6.45, 7) is 1.86. The molecule has 0 bridgehead atoms. The molecule has 0 aromatic heterocycles. The van der Waals surface area contributed by atoms with E-state index >= 15 is 0 Å². The van der Waals surface area contributed by atoms with Crippen LogP contribution in [0.3, 0.4) is 0 Å². The van der Waals surface area contributed by atoms with Crippen LogP contribution in [0.1, 0.15) is 5.56 Å². The van der Waals surface area contributed by atoms with Crippen LogP contribution in [-0.4, -0.2) is 20.0 Å². The van der Waals surface area contributed by atoms with Crippen LogP contribution in [0.15, 0.2) is 83.8 Å². The zero-order chi connectivity index (χ0) is 21.6. The molecular formula is C21H19N3O4S2. The van der Waals surface area contributed by atoms with Gasteiger partial charge in [0.15, 0.2) is 0 Å². The summed E-state index contributed by atoms with van der Waals surface area (Å²) in [5, 5.41) is 3.06. The first-order chi connectivity index (χ1) is 14.4. The van der Waals surface area contributed by atoms with Crippen molar-refractivity contribution in [1.82, 2.24) is 5.43 Å². The van der Waals surface area contributed by atoms with Crippen LogP contribution < -0.4 is 19.9 Å². The third-order valence-corrected chi connectivity index (χ3v) is 5.88. The van der Waals surface area contributed by atoms with E-state index in [0.717, 1.165) is 9.98 Å². The van der Waals surface area contributed by atoms with Gasteiger partial charge in [0, 0.05) is 5.69 Å². The van der Waals surface area contributed by atoms with E-state index in [9.17, 15) is 13.2 Å². The highest BCUT2D eigenvalue weighted by molar-refractivity contribution is 7.92. The molecule has 0 heterocycles. The van der Waals surface area contributed by atoms with Crippen LogP contribution in [0.25, 0.3) is 0 Å². The van der Waals surface area contributed by atoms with Crippen molar-refractivity contribution in [2.24, 2.45) is 0 Å². The van der Waals surface area contributed by atoms with Crippen molar-refractivity contribution in [1.29, 1.82) is 0 Å². The molecule has 0 atom stereocenters. The third-order valence-electron chi connectivity index (χ3n) is 4.03. The first kappa shape index (κ1) is 21.3. The van der Waals surface area contributed by atoms with Crippen LogP contribution in [0.2, 0.25) is 0 Å². The number of sulfonamides is 1. The van der Waals surface area contributed by atoms with E-state index in [1.54, 1.807) is 36.4 Å². The molecule has 0 unspecified atom stereocenters. The number of hydrogen-bond donors (Lipinski definition) is 2. The maximum absolute atomic E-state index is 12.9. The Bertz CT molecular complexity index is 1120. The smallest absolute Gasteiger partial charge is 0.281 e. The molecule has 0 aliphatic carbocycles. The Balaban J connectivity index is 1.77. The number of carbonyl (C=O) groups excluding carboxylic acids is 1. The van der Waals surface area contributed by atoms with Gasteiger partial charge in [-0.2, -0.15) is 12.8 Å². The zero-order valence-electron chi connectivity index (χ0n) is 16.0. The Morgan fingerprint density at radius 3 is 2.20 bits per heavy atom. The van der Waals surface area contributed by atoms with E-state index in [2.05, 4.69) is 10.7 Å². The number of rotatable bonds is 7. The monoisotopic (exact) mass is 441 g/mol. The van der Waals surface area contributed by atoms with Crippen LogP contribution in [0.5, 0.6) is 5.75 Å². The molecule has 0 saturated carbocycles. The molecule has 3 aromatic rings. The summed E-state index contributed by atoms with van der Waals surface area (Å²) in [6.07, 6.45) is 0.306. The number of nitrogens with one attached hydrogen (secondary N) is 2. The summed E-state index contributed by atoms with van der Waals surface area (Å²) in [4.78, 5) is 11.1. The first-order valence-electron chi connectivity index (χ1n) is 8.86. The number of benzene rings is 3. The van der Waals surface area contributed by atoms with Crippen LogP contribution >= 0.6 is 12.2 Å². The van der Waals surface area contributed by atoms with Crippen LogP contribution in [-0.2, 0) is 14.8 Å². The highest BCUT2D eigenvalue weighted by atomic mass is 32.2. The number of ether oxygens (including phenoxy) is 1. The van der Waals surface area contributed by atoms with Crippen molar-refractivity contribution in [2.75, 3.05) is 9.73 Å². The van der Waals surface area contributed by atoms with Crippen LogP contribution in [0, 0.1) is 6.92 Å². The number of hydrazine groups is 1. The lowest BCUT2D eigenvalue weighted by Crippen LogP contribution is -2.42. The molecule has 0 saturated heterocycles. The summed E-state index contributed by atoms with van der Waals surface area (Å²) in [5.74, 6) is 0.595. The lowest BCUT2D eigenvalue weighted by Gasteiger charge is -2.23. The fourth-order valence-corrected chi connectivity index (χ4v) is 4.05. The highest BCUT2D eigenvalue weighted by Crippen LogP contribution is 2.24. The first-order valence-corrected chi connectivity index (χ1v) is 10.7. The van der Waals surface area contributed by atoms with Gasteiger partial charge in [-0.05, 0) is 67.7 Å². The van der Waals surface area contributed by atoms with Gasteiger partial charge < -0.3 is 10.1 Å². The SMILES string of the molecule is Cc1ccc(S(=O)(=O)N(NC=O)c2ccc(NC(=S)Oc3ccccc3)cc2)cc1. The average molecular weight is 442 g/mol. The Hall–Kier alpha value is -3.43. The summed E-state index contributed by atoms with van der Waals surface area (Å²) in [7, 11) is -3.99. The van der Waals surface area contributed by atoms with Gasteiger partial charge in [-0.15, -0.1) is 0 Å². The molecule has 1 amide bonds. The number of thiocarbonyl (C=S) groups is 1. The predicted octanol–water partition coefficient (Wildman–Crippen LogP) is 3.63. The topological polar surface area (TPSA) is 87.7 Å². The van der Waals surface area contributed by atoms with Gasteiger partial charge >= 0.3 is 0 Å². The molecule has 9 heteroatoms. The summed E-state index contributed by atoms with van der Waals surface area (Å²) < 4.78 is 32.2. The van der Waals surface area contributed by atoms with Crippen molar-refractivity contribution < 1.29 is 17.9 Å². The fourth-order valence-electron chi connectivity index (χ4n) is 2.57. The second kappa shape index (κ2) is 9.38. The number of para-hydroxylation sites is 1. The quantitative estimate of drug-likeness (QED) is 0.331. The third kappa shape index (κ3) is 5.13. The van der Waals surface area contributed by atoms with E-state index in [1.807, 2.05) is 25.1 Å². The van der Waals surface area contributed by atoms with E-state index in [4.69, 9.17) is 17.0 Å². The van der Waals surface area contributed by atoms with Gasteiger partial charge in [0.1, 0.15) is 5.75 Å². The fraction of sp³-hybridized carbons (Fsp3) is 0.0476. The number of hydrogen-bond acceptors (Lipinski definition) is 5. The minimum absolute atomic E-state index is 0.0575. The van der Waals surface area contributed by atoms with Gasteiger partial charge in [-0.25, -0.2) is 0 Å². The van der Waals surface area contributed by atoms with Gasteiger partial charge in [0.25, 0.3) is 15.2 Å². The molecule has 154 valence electrons. The minimum atomic E-state index is -3.99. The molecule has 7 nitrogen and oxygen atoms in total. The summed E-state index contributed by atoms with van der Waals surface area (Å²) >= 11 is 5.18. The lowest BCUT2D eigenvalue weighted by molar-refractivity contribution is -0.109. The number of anilines is 2. The molecule has 3 rings (SSSR count). The van der Waals surface area contributed by atoms with Gasteiger partial charge in [-0.3, -0.25) is 10.2 Å². The molecule has 0 aliphatic rings. The number of amides is 1. The van der Waals surface area contributed by atoms with Gasteiger partial charge in [0.2, 0.25) is 6.41 Å². The van der Waals surface area contributed by atoms with Crippen molar-refractivity contribution in [3.8, 4) is 5.75 Å². The second-order valence-corrected chi connectivity index (χ2v) is 8.36. The Labute approximate surface area is 180 Å². The average Bonchev–Trinajstić information content (AvgIpc) is 2.73.